The molecular formula is C23H30N4O3S. The fraction of sp³-hybridized carbons (Fsp3) is 0.522. The van der Waals surface area contributed by atoms with Crippen LogP contribution in [0.3, 0.4) is 0 Å². The van der Waals surface area contributed by atoms with E-state index in [1.807, 2.05) is 35.8 Å². The highest BCUT2D eigenvalue weighted by molar-refractivity contribution is 7.12. The van der Waals surface area contributed by atoms with Crippen molar-refractivity contribution >= 4 is 29.0 Å². The smallest absolute Gasteiger partial charge is 0.264 e. The highest BCUT2D eigenvalue weighted by Crippen LogP contribution is 2.22. The number of piperidine rings is 1. The van der Waals surface area contributed by atoms with Crippen LogP contribution in [-0.4, -0.2) is 59.6 Å². The van der Waals surface area contributed by atoms with Crippen molar-refractivity contribution in [2.45, 2.75) is 57.9 Å². The van der Waals surface area contributed by atoms with Gasteiger partial charge in [0.05, 0.1) is 17.1 Å². The number of pyridine rings is 1. The molecular weight excluding hydrogens is 412 g/mol. The summed E-state index contributed by atoms with van der Waals surface area (Å²) >= 11 is 1.42. The average molecular weight is 443 g/mol. The number of amides is 2. The van der Waals surface area contributed by atoms with E-state index < -0.39 is 6.04 Å². The zero-order valence-corrected chi connectivity index (χ0v) is 18.9. The molecule has 3 atom stereocenters. The molecule has 166 valence electrons. The number of ether oxygens (including phenoxy) is 1. The second-order valence-corrected chi connectivity index (χ2v) is 9.34. The van der Waals surface area contributed by atoms with Gasteiger partial charge in [0, 0.05) is 32.4 Å². The van der Waals surface area contributed by atoms with Crippen LogP contribution < -0.4 is 10.2 Å². The van der Waals surface area contributed by atoms with Crippen LogP contribution in [0.1, 0.15) is 48.3 Å². The lowest BCUT2D eigenvalue weighted by atomic mass is 10.0. The Kier molecular flexibility index (Phi) is 6.87. The molecule has 0 aliphatic carbocycles. The third kappa shape index (κ3) is 5.25. The summed E-state index contributed by atoms with van der Waals surface area (Å²) in [4.78, 5) is 35.0. The van der Waals surface area contributed by atoms with Crippen LogP contribution in [0.4, 0.5) is 5.82 Å². The largest absolute Gasteiger partial charge is 0.372 e. The van der Waals surface area contributed by atoms with Crippen molar-refractivity contribution in [2.75, 3.05) is 24.5 Å². The van der Waals surface area contributed by atoms with E-state index in [2.05, 4.69) is 29.0 Å². The molecule has 8 heteroatoms. The van der Waals surface area contributed by atoms with Crippen LogP contribution in [-0.2, 0) is 16.1 Å². The topological polar surface area (TPSA) is 74.8 Å². The lowest BCUT2D eigenvalue weighted by molar-refractivity contribution is -0.126. The number of carbonyl (C=O) groups excluding carboxylic acids is 2. The minimum absolute atomic E-state index is 0.0464. The second kappa shape index (κ2) is 9.78. The van der Waals surface area contributed by atoms with Crippen molar-refractivity contribution in [3.8, 4) is 0 Å². The minimum atomic E-state index is -0.410. The first-order valence-electron chi connectivity index (χ1n) is 11.0. The van der Waals surface area contributed by atoms with Crippen LogP contribution in [0, 0.1) is 0 Å². The molecule has 0 radical (unpaired) electrons. The molecule has 2 aliphatic rings. The highest BCUT2D eigenvalue weighted by atomic mass is 32.1. The molecule has 31 heavy (non-hydrogen) atoms. The van der Waals surface area contributed by atoms with Gasteiger partial charge in [0.1, 0.15) is 11.9 Å². The first-order chi connectivity index (χ1) is 15.0. The van der Waals surface area contributed by atoms with Gasteiger partial charge in [-0.3, -0.25) is 9.59 Å². The van der Waals surface area contributed by atoms with Crippen molar-refractivity contribution in [1.29, 1.82) is 0 Å². The van der Waals surface area contributed by atoms with Crippen molar-refractivity contribution in [3.63, 3.8) is 0 Å². The molecule has 4 heterocycles. The summed E-state index contributed by atoms with van der Waals surface area (Å²) in [6.07, 6.45) is 4.77. The third-order valence-corrected chi connectivity index (χ3v) is 6.68. The van der Waals surface area contributed by atoms with Gasteiger partial charge in [0.15, 0.2) is 0 Å². The number of likely N-dealkylation sites (tertiary alicyclic amines) is 1. The lowest BCUT2D eigenvalue weighted by Crippen LogP contribution is -2.51. The molecule has 2 aromatic heterocycles. The van der Waals surface area contributed by atoms with Crippen LogP contribution in [0.25, 0.3) is 0 Å². The Balaban J connectivity index is 1.35. The maximum absolute atomic E-state index is 12.9. The monoisotopic (exact) mass is 442 g/mol. The summed E-state index contributed by atoms with van der Waals surface area (Å²) in [5, 5.41) is 4.90. The molecule has 2 aromatic rings. The number of morpholine rings is 1. The van der Waals surface area contributed by atoms with E-state index in [1.54, 1.807) is 4.90 Å². The molecule has 2 amide bonds. The Labute approximate surface area is 187 Å². The number of nitrogens with one attached hydrogen (secondary N) is 1. The predicted octanol–water partition coefficient (Wildman–Crippen LogP) is 3.07. The second-order valence-electron chi connectivity index (χ2n) is 8.39. The first-order valence-corrected chi connectivity index (χ1v) is 11.9. The lowest BCUT2D eigenvalue weighted by Gasteiger charge is -2.36. The Morgan fingerprint density at radius 3 is 2.68 bits per heavy atom. The van der Waals surface area contributed by atoms with Gasteiger partial charge in [-0.25, -0.2) is 4.98 Å². The number of anilines is 1. The summed E-state index contributed by atoms with van der Waals surface area (Å²) in [5.74, 6) is 0.788. The van der Waals surface area contributed by atoms with Gasteiger partial charge in [-0.15, -0.1) is 11.3 Å². The van der Waals surface area contributed by atoms with E-state index in [0.717, 1.165) is 37.3 Å². The van der Waals surface area contributed by atoms with E-state index in [4.69, 9.17) is 4.74 Å². The third-order valence-electron chi connectivity index (χ3n) is 5.82. The van der Waals surface area contributed by atoms with E-state index in [1.165, 1.54) is 11.3 Å². The van der Waals surface area contributed by atoms with E-state index in [0.29, 0.717) is 24.4 Å². The molecule has 1 N–H and O–H groups in total. The normalized spacial score (nSPS) is 24.1. The van der Waals surface area contributed by atoms with Gasteiger partial charge < -0.3 is 19.9 Å². The Morgan fingerprint density at radius 2 is 2.00 bits per heavy atom. The van der Waals surface area contributed by atoms with Gasteiger partial charge in [-0.2, -0.15) is 0 Å². The minimum Gasteiger partial charge on any atom is -0.372 e. The Bertz CT molecular complexity index is 877. The van der Waals surface area contributed by atoms with Crippen LogP contribution in [0.2, 0.25) is 0 Å². The Hall–Kier alpha value is -2.45. The zero-order valence-electron chi connectivity index (χ0n) is 18.1. The number of rotatable bonds is 5. The van der Waals surface area contributed by atoms with Crippen molar-refractivity contribution < 1.29 is 14.3 Å². The predicted molar refractivity (Wildman–Crippen MR) is 121 cm³/mol. The molecule has 2 aliphatic heterocycles. The quantitative estimate of drug-likeness (QED) is 0.770. The van der Waals surface area contributed by atoms with Crippen LogP contribution in [0.15, 0.2) is 35.8 Å². The highest BCUT2D eigenvalue weighted by Gasteiger charge is 2.32. The maximum atomic E-state index is 12.9. The molecule has 4 rings (SSSR count). The van der Waals surface area contributed by atoms with Crippen LogP contribution in [0.5, 0.6) is 0 Å². The van der Waals surface area contributed by atoms with E-state index in [9.17, 15) is 9.59 Å². The van der Waals surface area contributed by atoms with E-state index in [-0.39, 0.29) is 24.0 Å². The van der Waals surface area contributed by atoms with Crippen molar-refractivity contribution in [1.82, 2.24) is 15.2 Å². The SMILES string of the molecule is CC1CN(c2ccc(CNC(=O)C3CCCCN3C(=O)c3cccs3)cn2)CC(C)O1. The van der Waals surface area contributed by atoms with Crippen molar-refractivity contribution in [2.24, 2.45) is 0 Å². The standard InChI is InChI=1S/C23H30N4O3S/c1-16-14-26(15-17(2)30-16)21-9-8-18(12-24-21)13-25-22(28)19-6-3-4-10-27(19)23(29)20-7-5-11-31-20/h5,7-9,11-12,16-17,19H,3-4,6,10,13-15H2,1-2H3,(H,25,28). The van der Waals surface area contributed by atoms with Crippen molar-refractivity contribution in [3.05, 3.63) is 46.3 Å². The van der Waals surface area contributed by atoms with Gasteiger partial charge >= 0.3 is 0 Å². The summed E-state index contributed by atoms with van der Waals surface area (Å²) < 4.78 is 5.79. The first kappa shape index (κ1) is 21.8. The van der Waals surface area contributed by atoms with Gasteiger partial charge in [-0.1, -0.05) is 12.1 Å². The molecule has 0 bridgehead atoms. The molecule has 0 spiro atoms. The molecule has 0 saturated carbocycles. The molecule has 0 aromatic carbocycles. The number of nitrogens with zero attached hydrogens (tertiary/aromatic N) is 3. The molecule has 3 unspecified atom stereocenters. The summed E-state index contributed by atoms with van der Waals surface area (Å²) in [6, 6.07) is 7.28. The molecule has 2 fully saturated rings. The summed E-state index contributed by atoms with van der Waals surface area (Å²) in [5.41, 5.74) is 0.943. The Morgan fingerprint density at radius 1 is 1.19 bits per heavy atom. The number of aromatic nitrogens is 1. The maximum Gasteiger partial charge on any atom is 0.264 e. The zero-order chi connectivity index (χ0) is 21.8. The molecule has 2 saturated heterocycles. The summed E-state index contributed by atoms with van der Waals surface area (Å²) in [7, 11) is 0. The van der Waals surface area contributed by atoms with Gasteiger partial charge in [0.25, 0.3) is 5.91 Å². The molecule has 7 nitrogen and oxygen atoms in total. The number of hydrogen-bond donors (Lipinski definition) is 1. The van der Waals surface area contributed by atoms with Crippen LogP contribution >= 0.6 is 11.3 Å². The van der Waals surface area contributed by atoms with E-state index >= 15 is 0 Å². The average Bonchev–Trinajstić information content (AvgIpc) is 3.32. The van der Waals surface area contributed by atoms with Gasteiger partial charge in [-0.05, 0) is 56.2 Å². The number of carbonyl (C=O) groups is 2. The number of thiophene rings is 1. The fourth-order valence-corrected chi connectivity index (χ4v) is 5.05. The number of hydrogen-bond acceptors (Lipinski definition) is 6. The fourth-order valence-electron chi connectivity index (χ4n) is 4.37. The van der Waals surface area contributed by atoms with Gasteiger partial charge in [0.2, 0.25) is 5.91 Å². The summed E-state index contributed by atoms with van der Waals surface area (Å²) in [6.45, 7) is 6.82.